The number of nitrogens with one attached hydrogen (secondary N) is 1. The molecule has 1 aliphatic heterocycles. The van der Waals surface area contributed by atoms with Gasteiger partial charge in [0.05, 0.1) is 0 Å². The Morgan fingerprint density at radius 3 is 2.52 bits per heavy atom. The van der Waals surface area contributed by atoms with Crippen molar-refractivity contribution in [2.45, 2.75) is 12.8 Å². The Bertz CT molecular complexity index is 1020. The topological polar surface area (TPSA) is 62.6 Å². The van der Waals surface area contributed by atoms with Crippen LogP contribution in [-0.4, -0.2) is 36.3 Å². The zero-order chi connectivity index (χ0) is 20.4. The average molecular weight is 398 g/mol. The fraction of sp³-hybridized carbons (Fsp3) is 0.273. The van der Waals surface area contributed by atoms with Crippen molar-refractivity contribution in [1.82, 2.24) is 10.2 Å². The van der Waals surface area contributed by atoms with Crippen LogP contribution in [0, 0.1) is 17.6 Å². The van der Waals surface area contributed by atoms with E-state index in [0.717, 1.165) is 30.4 Å². The van der Waals surface area contributed by atoms with E-state index in [4.69, 9.17) is 4.42 Å². The molecule has 29 heavy (non-hydrogen) atoms. The standard InChI is InChI=1S/C22H20F2N2O3/c23-17-6-5-16(11-18(17)24)21(27)25-13-14-7-9-26(10-8-14)22(28)20-12-15-3-1-2-4-19(15)29-20/h1-6,11-12,14H,7-10,13H2,(H,25,27). The van der Waals surface area contributed by atoms with Crippen molar-refractivity contribution in [1.29, 1.82) is 0 Å². The third-order valence-electron chi connectivity index (χ3n) is 5.27. The normalized spacial score (nSPS) is 14.9. The van der Waals surface area contributed by atoms with Gasteiger partial charge in [0.15, 0.2) is 17.4 Å². The number of carbonyl (C=O) groups excluding carboxylic acids is 2. The number of piperidine rings is 1. The predicted molar refractivity (Wildman–Crippen MR) is 104 cm³/mol. The van der Waals surface area contributed by atoms with Crippen LogP contribution >= 0.6 is 0 Å². The minimum Gasteiger partial charge on any atom is -0.451 e. The predicted octanol–water partition coefficient (Wildman–Crippen LogP) is 3.99. The summed E-state index contributed by atoms with van der Waals surface area (Å²) in [6.45, 7) is 1.56. The summed E-state index contributed by atoms with van der Waals surface area (Å²) >= 11 is 0. The summed E-state index contributed by atoms with van der Waals surface area (Å²) in [5.74, 6) is -2.06. The highest BCUT2D eigenvalue weighted by Gasteiger charge is 2.26. The van der Waals surface area contributed by atoms with E-state index in [1.54, 1.807) is 11.0 Å². The van der Waals surface area contributed by atoms with Crippen LogP contribution in [0.4, 0.5) is 8.78 Å². The third kappa shape index (κ3) is 4.13. The van der Waals surface area contributed by atoms with Gasteiger partial charge >= 0.3 is 0 Å². The smallest absolute Gasteiger partial charge is 0.289 e. The second kappa shape index (κ2) is 8.03. The molecule has 0 unspecified atom stereocenters. The van der Waals surface area contributed by atoms with Crippen molar-refractivity contribution in [3.05, 3.63) is 71.5 Å². The average Bonchev–Trinajstić information content (AvgIpc) is 3.18. The second-order valence-corrected chi connectivity index (χ2v) is 7.22. The van der Waals surface area contributed by atoms with Crippen molar-refractivity contribution in [2.24, 2.45) is 5.92 Å². The fourth-order valence-corrected chi connectivity index (χ4v) is 3.56. The Kier molecular flexibility index (Phi) is 5.29. The van der Waals surface area contributed by atoms with Crippen LogP contribution in [0.15, 0.2) is 52.9 Å². The summed E-state index contributed by atoms with van der Waals surface area (Å²) in [6.07, 6.45) is 1.48. The van der Waals surface area contributed by atoms with E-state index in [-0.39, 0.29) is 17.4 Å². The Labute approximate surface area is 166 Å². The van der Waals surface area contributed by atoms with Crippen LogP contribution in [0.25, 0.3) is 11.0 Å². The summed E-state index contributed by atoms with van der Waals surface area (Å²) in [4.78, 5) is 26.6. The SMILES string of the molecule is O=C(NCC1CCN(C(=O)c2cc3ccccc3o2)CC1)c1ccc(F)c(F)c1. The number of nitrogens with zero attached hydrogens (tertiary/aromatic N) is 1. The highest BCUT2D eigenvalue weighted by atomic mass is 19.2. The van der Waals surface area contributed by atoms with Gasteiger partial charge in [0.2, 0.25) is 0 Å². The van der Waals surface area contributed by atoms with Crippen LogP contribution < -0.4 is 5.32 Å². The molecule has 5 nitrogen and oxygen atoms in total. The van der Waals surface area contributed by atoms with Crippen molar-refractivity contribution < 1.29 is 22.8 Å². The molecule has 7 heteroatoms. The number of para-hydroxylation sites is 1. The summed E-state index contributed by atoms with van der Waals surface area (Å²) in [5, 5.41) is 3.65. The Morgan fingerprint density at radius 2 is 1.79 bits per heavy atom. The first-order valence-electron chi connectivity index (χ1n) is 9.52. The molecule has 1 fully saturated rings. The number of likely N-dealkylation sites (tertiary alicyclic amines) is 1. The molecule has 150 valence electrons. The quantitative estimate of drug-likeness (QED) is 0.723. The first-order chi connectivity index (χ1) is 14.0. The first kappa shape index (κ1) is 19.1. The summed E-state index contributed by atoms with van der Waals surface area (Å²) in [6, 6.07) is 12.3. The van der Waals surface area contributed by atoms with Gasteiger partial charge in [0, 0.05) is 30.6 Å². The lowest BCUT2D eigenvalue weighted by atomic mass is 9.96. The third-order valence-corrected chi connectivity index (χ3v) is 5.27. The Morgan fingerprint density at radius 1 is 1.03 bits per heavy atom. The van der Waals surface area contributed by atoms with Gasteiger partial charge in [0.25, 0.3) is 11.8 Å². The maximum Gasteiger partial charge on any atom is 0.289 e. The van der Waals surface area contributed by atoms with E-state index in [2.05, 4.69) is 5.32 Å². The molecular weight excluding hydrogens is 378 g/mol. The van der Waals surface area contributed by atoms with E-state index in [1.165, 1.54) is 6.07 Å². The van der Waals surface area contributed by atoms with E-state index in [9.17, 15) is 18.4 Å². The van der Waals surface area contributed by atoms with Crippen LogP contribution in [0.3, 0.4) is 0 Å². The molecule has 1 aliphatic rings. The van der Waals surface area contributed by atoms with E-state index in [0.29, 0.717) is 31.0 Å². The maximum absolute atomic E-state index is 13.3. The van der Waals surface area contributed by atoms with Gasteiger partial charge in [-0.15, -0.1) is 0 Å². The number of halogens is 2. The first-order valence-corrected chi connectivity index (χ1v) is 9.52. The molecule has 0 radical (unpaired) electrons. The van der Waals surface area contributed by atoms with Crippen molar-refractivity contribution in [3.63, 3.8) is 0 Å². The van der Waals surface area contributed by atoms with Gasteiger partial charge in [-0.3, -0.25) is 9.59 Å². The molecule has 0 aliphatic carbocycles. The van der Waals surface area contributed by atoms with Gasteiger partial charge < -0.3 is 14.6 Å². The number of furan rings is 1. The summed E-state index contributed by atoms with van der Waals surface area (Å²) < 4.78 is 31.9. The molecule has 0 bridgehead atoms. The number of hydrogen-bond acceptors (Lipinski definition) is 3. The zero-order valence-corrected chi connectivity index (χ0v) is 15.7. The molecule has 1 aromatic heterocycles. The van der Waals surface area contributed by atoms with Gasteiger partial charge in [-0.05, 0) is 49.1 Å². The monoisotopic (exact) mass is 398 g/mol. The minimum atomic E-state index is -1.05. The summed E-state index contributed by atoms with van der Waals surface area (Å²) in [5.41, 5.74) is 0.770. The molecule has 1 N–H and O–H groups in total. The number of rotatable bonds is 4. The zero-order valence-electron chi connectivity index (χ0n) is 15.7. The van der Waals surface area contributed by atoms with Crippen molar-refractivity contribution in [3.8, 4) is 0 Å². The van der Waals surface area contributed by atoms with Crippen LogP contribution in [0.2, 0.25) is 0 Å². The maximum atomic E-state index is 13.3. The number of fused-ring (bicyclic) bond motifs is 1. The minimum absolute atomic E-state index is 0.0846. The molecule has 2 amide bonds. The molecular formula is C22H20F2N2O3. The fourth-order valence-electron chi connectivity index (χ4n) is 3.56. The highest BCUT2D eigenvalue weighted by molar-refractivity contribution is 5.96. The molecule has 4 rings (SSSR count). The largest absolute Gasteiger partial charge is 0.451 e. The Hall–Kier alpha value is -3.22. The van der Waals surface area contributed by atoms with E-state index in [1.807, 2.05) is 24.3 Å². The molecule has 3 aromatic rings. The Balaban J connectivity index is 1.29. The van der Waals surface area contributed by atoms with Crippen molar-refractivity contribution in [2.75, 3.05) is 19.6 Å². The molecule has 0 spiro atoms. The molecule has 0 saturated carbocycles. The van der Waals surface area contributed by atoms with Gasteiger partial charge in [0.1, 0.15) is 5.58 Å². The summed E-state index contributed by atoms with van der Waals surface area (Å²) in [7, 11) is 0. The van der Waals surface area contributed by atoms with E-state index >= 15 is 0 Å². The van der Waals surface area contributed by atoms with Crippen molar-refractivity contribution >= 4 is 22.8 Å². The van der Waals surface area contributed by atoms with Crippen LogP contribution in [0.1, 0.15) is 33.8 Å². The molecule has 1 saturated heterocycles. The van der Waals surface area contributed by atoms with Gasteiger partial charge in [-0.1, -0.05) is 18.2 Å². The van der Waals surface area contributed by atoms with E-state index < -0.39 is 17.5 Å². The number of benzene rings is 2. The number of amides is 2. The molecule has 0 atom stereocenters. The van der Waals surface area contributed by atoms with Crippen LogP contribution in [-0.2, 0) is 0 Å². The number of hydrogen-bond donors (Lipinski definition) is 1. The lowest BCUT2D eigenvalue weighted by Crippen LogP contribution is -2.41. The lowest BCUT2D eigenvalue weighted by Gasteiger charge is -2.31. The molecule has 2 heterocycles. The second-order valence-electron chi connectivity index (χ2n) is 7.22. The number of carbonyl (C=O) groups is 2. The van der Waals surface area contributed by atoms with Gasteiger partial charge in [-0.25, -0.2) is 8.78 Å². The molecule has 2 aromatic carbocycles. The van der Waals surface area contributed by atoms with Crippen LogP contribution in [0.5, 0.6) is 0 Å². The van der Waals surface area contributed by atoms with Gasteiger partial charge in [-0.2, -0.15) is 0 Å². The highest BCUT2D eigenvalue weighted by Crippen LogP contribution is 2.23. The lowest BCUT2D eigenvalue weighted by molar-refractivity contribution is 0.0655.